The number of hydrogen-bond donors (Lipinski definition) is 1. The molecule has 0 heterocycles. The Labute approximate surface area is 146 Å². The molecule has 0 saturated carbocycles. The highest BCUT2D eigenvalue weighted by atomic mass is 35.5. The lowest BCUT2D eigenvalue weighted by Crippen LogP contribution is -2.02. The first-order valence-electron chi connectivity index (χ1n) is 7.57. The van der Waals surface area contributed by atoms with Gasteiger partial charge in [-0.15, -0.1) is 0 Å². The molecule has 126 valence electrons. The standard InChI is InChI=1S/C19H19ClO4/c1-3-11-24-18-14(5-4-6-17(18)23-2)12-16(19(21)22)13-7-9-15(20)10-8-13/h4-10,12H,3,11H2,1-2H3,(H,21,22)/b16-12-. The Morgan fingerprint density at radius 3 is 2.50 bits per heavy atom. The third-order valence-electron chi connectivity index (χ3n) is 3.37. The van der Waals surface area contributed by atoms with E-state index in [9.17, 15) is 9.90 Å². The summed E-state index contributed by atoms with van der Waals surface area (Å²) < 4.78 is 11.1. The summed E-state index contributed by atoms with van der Waals surface area (Å²) in [4.78, 5) is 11.7. The average molecular weight is 347 g/mol. The van der Waals surface area contributed by atoms with Crippen LogP contribution in [0.15, 0.2) is 42.5 Å². The molecule has 0 saturated heterocycles. The second-order valence-corrected chi connectivity index (χ2v) is 5.53. The van der Waals surface area contributed by atoms with Crippen molar-refractivity contribution in [3.63, 3.8) is 0 Å². The predicted molar refractivity (Wildman–Crippen MR) is 95.7 cm³/mol. The molecule has 24 heavy (non-hydrogen) atoms. The van der Waals surface area contributed by atoms with Crippen LogP contribution in [0.4, 0.5) is 0 Å². The van der Waals surface area contributed by atoms with Crippen LogP contribution in [-0.4, -0.2) is 24.8 Å². The minimum absolute atomic E-state index is 0.154. The van der Waals surface area contributed by atoms with Crippen LogP contribution >= 0.6 is 11.6 Å². The van der Waals surface area contributed by atoms with Crippen LogP contribution in [0.1, 0.15) is 24.5 Å². The maximum absolute atomic E-state index is 11.7. The van der Waals surface area contributed by atoms with Crippen molar-refractivity contribution >= 4 is 29.2 Å². The Morgan fingerprint density at radius 2 is 1.92 bits per heavy atom. The van der Waals surface area contributed by atoms with Gasteiger partial charge in [0.15, 0.2) is 11.5 Å². The number of rotatable bonds is 7. The zero-order chi connectivity index (χ0) is 17.5. The molecule has 2 aromatic carbocycles. The molecule has 4 nitrogen and oxygen atoms in total. The SMILES string of the molecule is CCCOc1c(/C=C(\C(=O)O)c2ccc(Cl)cc2)cccc1OC. The van der Waals surface area contributed by atoms with E-state index in [-0.39, 0.29) is 5.57 Å². The Kier molecular flexibility index (Phi) is 6.27. The van der Waals surface area contributed by atoms with Gasteiger partial charge in [0, 0.05) is 10.6 Å². The Hall–Kier alpha value is -2.46. The predicted octanol–water partition coefficient (Wildman–Crippen LogP) is 4.76. The van der Waals surface area contributed by atoms with Crippen LogP contribution in [0, 0.1) is 0 Å². The smallest absolute Gasteiger partial charge is 0.336 e. The third kappa shape index (κ3) is 4.30. The van der Waals surface area contributed by atoms with Crippen LogP contribution in [0.25, 0.3) is 11.6 Å². The second kappa shape index (κ2) is 8.41. The first-order valence-corrected chi connectivity index (χ1v) is 7.95. The molecule has 1 N–H and O–H groups in total. The molecule has 0 atom stereocenters. The fourth-order valence-electron chi connectivity index (χ4n) is 2.22. The van der Waals surface area contributed by atoms with Crippen molar-refractivity contribution in [3.05, 3.63) is 58.6 Å². The molecule has 2 aromatic rings. The molecule has 0 bridgehead atoms. The van der Waals surface area contributed by atoms with Crippen LogP contribution in [-0.2, 0) is 4.79 Å². The van der Waals surface area contributed by atoms with Crippen molar-refractivity contribution in [2.45, 2.75) is 13.3 Å². The van der Waals surface area contributed by atoms with E-state index in [0.29, 0.717) is 34.3 Å². The largest absolute Gasteiger partial charge is 0.493 e. The molecule has 0 aromatic heterocycles. The molecule has 0 aliphatic carbocycles. The van der Waals surface area contributed by atoms with Crippen LogP contribution in [0.3, 0.4) is 0 Å². The maximum Gasteiger partial charge on any atom is 0.336 e. The van der Waals surface area contributed by atoms with Gasteiger partial charge < -0.3 is 14.6 Å². The fraction of sp³-hybridized carbons (Fsp3) is 0.211. The molecule has 0 fully saturated rings. The summed E-state index contributed by atoms with van der Waals surface area (Å²) in [7, 11) is 1.55. The first kappa shape index (κ1) is 17.9. The summed E-state index contributed by atoms with van der Waals surface area (Å²) in [6, 6.07) is 12.0. The van der Waals surface area contributed by atoms with E-state index in [1.165, 1.54) is 0 Å². The number of ether oxygens (including phenoxy) is 2. The monoisotopic (exact) mass is 346 g/mol. The lowest BCUT2D eigenvalue weighted by atomic mass is 10.0. The zero-order valence-corrected chi connectivity index (χ0v) is 14.3. The quantitative estimate of drug-likeness (QED) is 0.580. The summed E-state index contributed by atoms with van der Waals surface area (Å²) in [5.41, 5.74) is 1.37. The Bertz CT molecular complexity index is 736. The fourth-order valence-corrected chi connectivity index (χ4v) is 2.35. The number of hydrogen-bond acceptors (Lipinski definition) is 3. The van der Waals surface area contributed by atoms with Gasteiger partial charge in [0.2, 0.25) is 0 Å². The van der Waals surface area contributed by atoms with Gasteiger partial charge >= 0.3 is 5.97 Å². The summed E-state index contributed by atoms with van der Waals surface area (Å²) in [6.45, 7) is 2.52. The highest BCUT2D eigenvalue weighted by Gasteiger charge is 2.14. The minimum Gasteiger partial charge on any atom is -0.493 e. The maximum atomic E-state index is 11.7. The van der Waals surface area contributed by atoms with Gasteiger partial charge in [-0.2, -0.15) is 0 Å². The van der Waals surface area contributed by atoms with Crippen molar-refractivity contribution in [1.29, 1.82) is 0 Å². The first-order chi connectivity index (χ1) is 11.6. The van der Waals surface area contributed by atoms with Gasteiger partial charge in [0.1, 0.15) is 0 Å². The minimum atomic E-state index is -1.03. The second-order valence-electron chi connectivity index (χ2n) is 5.10. The van der Waals surface area contributed by atoms with E-state index in [1.54, 1.807) is 55.7 Å². The van der Waals surface area contributed by atoms with E-state index in [2.05, 4.69) is 0 Å². The number of methoxy groups -OCH3 is 1. The normalized spacial score (nSPS) is 11.2. The van der Waals surface area contributed by atoms with E-state index in [1.807, 2.05) is 6.92 Å². The summed E-state index contributed by atoms with van der Waals surface area (Å²) >= 11 is 5.87. The summed E-state index contributed by atoms with van der Waals surface area (Å²) in [6.07, 6.45) is 2.42. The third-order valence-corrected chi connectivity index (χ3v) is 3.62. The lowest BCUT2D eigenvalue weighted by molar-refractivity contribution is -0.130. The number of halogens is 1. The zero-order valence-electron chi connectivity index (χ0n) is 13.6. The molecule has 0 aliphatic heterocycles. The molecule has 0 amide bonds. The number of carbonyl (C=O) groups is 1. The van der Waals surface area contributed by atoms with Gasteiger partial charge in [-0.05, 0) is 36.3 Å². The lowest BCUT2D eigenvalue weighted by Gasteiger charge is -2.13. The van der Waals surface area contributed by atoms with E-state index in [4.69, 9.17) is 21.1 Å². The van der Waals surface area contributed by atoms with Gasteiger partial charge in [0.25, 0.3) is 0 Å². The van der Waals surface area contributed by atoms with Crippen molar-refractivity contribution < 1.29 is 19.4 Å². The average Bonchev–Trinajstić information content (AvgIpc) is 2.58. The highest BCUT2D eigenvalue weighted by molar-refractivity contribution is 6.30. The molecule has 0 unspecified atom stereocenters. The highest BCUT2D eigenvalue weighted by Crippen LogP contribution is 2.34. The molecular formula is C19H19ClO4. The number of carboxylic acid groups (broad SMARTS) is 1. The topological polar surface area (TPSA) is 55.8 Å². The van der Waals surface area contributed by atoms with Crippen molar-refractivity contribution in [2.75, 3.05) is 13.7 Å². The molecule has 5 heteroatoms. The van der Waals surface area contributed by atoms with Crippen LogP contribution < -0.4 is 9.47 Å². The molecule has 2 rings (SSSR count). The van der Waals surface area contributed by atoms with Crippen molar-refractivity contribution in [3.8, 4) is 11.5 Å². The van der Waals surface area contributed by atoms with Gasteiger partial charge in [-0.3, -0.25) is 0 Å². The number of aliphatic carboxylic acids is 1. The molecule has 0 radical (unpaired) electrons. The number of carboxylic acids is 1. The number of para-hydroxylation sites is 1. The van der Waals surface area contributed by atoms with Gasteiger partial charge in [-0.25, -0.2) is 4.79 Å². The van der Waals surface area contributed by atoms with E-state index >= 15 is 0 Å². The molecule has 0 spiro atoms. The summed E-state index contributed by atoms with van der Waals surface area (Å²) in [5, 5.41) is 10.1. The van der Waals surface area contributed by atoms with Crippen LogP contribution in [0.2, 0.25) is 5.02 Å². The van der Waals surface area contributed by atoms with Crippen molar-refractivity contribution in [1.82, 2.24) is 0 Å². The molecular weight excluding hydrogens is 328 g/mol. The Morgan fingerprint density at radius 1 is 1.21 bits per heavy atom. The molecule has 0 aliphatic rings. The summed E-state index contributed by atoms with van der Waals surface area (Å²) in [5.74, 6) is 0.0780. The van der Waals surface area contributed by atoms with Gasteiger partial charge in [0.05, 0.1) is 19.3 Å². The van der Waals surface area contributed by atoms with Crippen molar-refractivity contribution in [2.24, 2.45) is 0 Å². The Balaban J connectivity index is 2.53. The van der Waals surface area contributed by atoms with Gasteiger partial charge in [-0.1, -0.05) is 42.8 Å². The van der Waals surface area contributed by atoms with E-state index < -0.39 is 5.97 Å². The van der Waals surface area contributed by atoms with E-state index in [0.717, 1.165) is 6.42 Å². The number of benzene rings is 2. The van der Waals surface area contributed by atoms with Crippen LogP contribution in [0.5, 0.6) is 11.5 Å².